The number of nitrogens with two attached hydrogens (primary N) is 1. The van der Waals surface area contributed by atoms with Gasteiger partial charge in [-0.1, -0.05) is 0 Å². The van der Waals surface area contributed by atoms with E-state index in [4.69, 9.17) is 10.5 Å². The maximum atomic E-state index is 11.5. The number of aromatic nitrogens is 1. The lowest BCUT2D eigenvalue weighted by atomic mass is 10.2. The molecule has 2 N–H and O–H groups in total. The second-order valence-corrected chi connectivity index (χ2v) is 5.25. The zero-order valence-corrected chi connectivity index (χ0v) is 12.0. The van der Waals surface area contributed by atoms with Gasteiger partial charge in [-0.25, -0.2) is 4.98 Å². The van der Waals surface area contributed by atoms with Gasteiger partial charge in [-0.15, -0.1) is 0 Å². The van der Waals surface area contributed by atoms with Gasteiger partial charge in [0.1, 0.15) is 11.9 Å². The van der Waals surface area contributed by atoms with Crippen molar-refractivity contribution in [1.82, 2.24) is 4.98 Å². The summed E-state index contributed by atoms with van der Waals surface area (Å²) in [4.78, 5) is 17.9. The molecule has 0 aliphatic carbocycles. The van der Waals surface area contributed by atoms with E-state index >= 15 is 0 Å². The van der Waals surface area contributed by atoms with Gasteiger partial charge in [0.05, 0.1) is 11.8 Å². The van der Waals surface area contributed by atoms with Crippen molar-refractivity contribution >= 4 is 27.7 Å². The van der Waals surface area contributed by atoms with E-state index in [0.29, 0.717) is 13.0 Å². The number of carbonyl (C=O) groups excluding carboxylic acids is 1. The third-order valence-electron chi connectivity index (χ3n) is 3.23. The van der Waals surface area contributed by atoms with Gasteiger partial charge in [-0.05, 0) is 35.0 Å². The number of nitrogens with zero attached hydrogens (tertiary/aromatic N) is 2. The fraction of sp³-hybridized carbons (Fsp3) is 0.500. The Labute approximate surface area is 114 Å². The first kappa shape index (κ1) is 13.3. The van der Waals surface area contributed by atoms with Crippen LogP contribution in [0.4, 0.5) is 5.82 Å². The predicted molar refractivity (Wildman–Crippen MR) is 72.4 cm³/mol. The number of halogens is 1. The molecule has 0 radical (unpaired) electrons. The lowest BCUT2D eigenvalue weighted by molar-refractivity contribution is -0.119. The predicted octanol–water partition coefficient (Wildman–Crippen LogP) is 1.23. The number of aryl methyl sites for hydroxylation is 1. The van der Waals surface area contributed by atoms with E-state index in [0.717, 1.165) is 16.0 Å². The second kappa shape index (κ2) is 5.24. The Morgan fingerprint density at radius 2 is 2.33 bits per heavy atom. The van der Waals surface area contributed by atoms with Crippen LogP contribution in [-0.2, 0) is 9.53 Å². The van der Waals surface area contributed by atoms with Crippen LogP contribution in [0, 0.1) is 6.92 Å². The first-order chi connectivity index (χ1) is 8.52. The van der Waals surface area contributed by atoms with Crippen LogP contribution in [0.1, 0.15) is 12.1 Å². The molecule has 1 amide bonds. The highest BCUT2D eigenvalue weighted by atomic mass is 79.9. The number of pyridine rings is 1. The van der Waals surface area contributed by atoms with Gasteiger partial charge < -0.3 is 15.4 Å². The molecule has 1 saturated heterocycles. The van der Waals surface area contributed by atoms with Crippen molar-refractivity contribution in [3.05, 3.63) is 22.3 Å². The molecule has 2 atom stereocenters. The number of hydrogen-bond donors (Lipinski definition) is 1. The molecule has 18 heavy (non-hydrogen) atoms. The molecule has 5 nitrogen and oxygen atoms in total. The van der Waals surface area contributed by atoms with Gasteiger partial charge in [0.15, 0.2) is 0 Å². The van der Waals surface area contributed by atoms with Gasteiger partial charge in [0.2, 0.25) is 5.91 Å². The summed E-state index contributed by atoms with van der Waals surface area (Å²) in [6, 6.07) is 3.46. The molecule has 1 aliphatic rings. The summed E-state index contributed by atoms with van der Waals surface area (Å²) in [5.41, 5.74) is 6.32. The maximum absolute atomic E-state index is 11.5. The highest BCUT2D eigenvalue weighted by Gasteiger charge is 2.36. The minimum absolute atomic E-state index is 0.0215. The highest BCUT2D eigenvalue weighted by Crippen LogP contribution is 2.27. The zero-order chi connectivity index (χ0) is 13.3. The highest BCUT2D eigenvalue weighted by molar-refractivity contribution is 9.10. The van der Waals surface area contributed by atoms with Crippen LogP contribution in [0.5, 0.6) is 0 Å². The van der Waals surface area contributed by atoms with Gasteiger partial charge in [0.25, 0.3) is 0 Å². The molecule has 0 spiro atoms. The van der Waals surface area contributed by atoms with Crippen molar-refractivity contribution in [3.8, 4) is 0 Å². The Hall–Kier alpha value is -1.14. The lowest BCUT2D eigenvalue weighted by Crippen LogP contribution is -2.40. The molecule has 1 fully saturated rings. The second-order valence-electron chi connectivity index (χ2n) is 4.40. The maximum Gasteiger partial charge on any atom is 0.240 e. The largest absolute Gasteiger partial charge is 0.380 e. The first-order valence-corrected chi connectivity index (χ1v) is 6.54. The topological polar surface area (TPSA) is 68.5 Å². The Balaban J connectivity index is 2.29. The monoisotopic (exact) mass is 313 g/mol. The molecular formula is C12H16BrN3O2. The van der Waals surface area contributed by atoms with Gasteiger partial charge in [0, 0.05) is 24.5 Å². The number of primary amides is 1. The molecule has 2 heterocycles. The summed E-state index contributed by atoms with van der Waals surface area (Å²) >= 11 is 3.41. The zero-order valence-electron chi connectivity index (χ0n) is 10.4. The SMILES string of the molecule is CO[C@H]1C[C@@H](C(N)=O)N(c2ccc(Br)c(C)n2)C1. The van der Waals surface area contributed by atoms with E-state index in [1.54, 1.807) is 7.11 Å². The number of carbonyl (C=O) groups is 1. The third-order valence-corrected chi connectivity index (χ3v) is 4.06. The Kier molecular flexibility index (Phi) is 3.87. The molecule has 1 aromatic rings. The van der Waals surface area contributed by atoms with Crippen molar-refractivity contribution < 1.29 is 9.53 Å². The quantitative estimate of drug-likeness (QED) is 0.911. The fourth-order valence-corrected chi connectivity index (χ4v) is 2.40. The van der Waals surface area contributed by atoms with Gasteiger partial charge in [-0.3, -0.25) is 4.79 Å². The molecule has 0 bridgehead atoms. The van der Waals surface area contributed by atoms with E-state index in [9.17, 15) is 4.79 Å². The summed E-state index contributed by atoms with van der Waals surface area (Å²) in [6.45, 7) is 2.55. The van der Waals surface area contributed by atoms with E-state index in [2.05, 4.69) is 20.9 Å². The van der Waals surface area contributed by atoms with E-state index in [1.165, 1.54) is 0 Å². The van der Waals surface area contributed by atoms with E-state index < -0.39 is 0 Å². The molecule has 6 heteroatoms. The van der Waals surface area contributed by atoms with Gasteiger partial charge in [-0.2, -0.15) is 0 Å². The molecule has 0 saturated carbocycles. The number of rotatable bonds is 3. The Bertz CT molecular complexity index is 467. The van der Waals surface area contributed by atoms with Crippen LogP contribution in [0.15, 0.2) is 16.6 Å². The van der Waals surface area contributed by atoms with E-state index in [1.807, 2.05) is 24.0 Å². The Morgan fingerprint density at radius 1 is 1.61 bits per heavy atom. The van der Waals surface area contributed by atoms with Crippen LogP contribution in [0.25, 0.3) is 0 Å². The van der Waals surface area contributed by atoms with Crippen molar-refractivity contribution in [2.75, 3.05) is 18.6 Å². The molecular weight excluding hydrogens is 298 g/mol. The lowest BCUT2D eigenvalue weighted by Gasteiger charge is -2.23. The van der Waals surface area contributed by atoms with Crippen molar-refractivity contribution in [2.45, 2.75) is 25.5 Å². The number of anilines is 1. The minimum Gasteiger partial charge on any atom is -0.380 e. The average Bonchev–Trinajstić information content (AvgIpc) is 2.77. The van der Waals surface area contributed by atoms with Crippen LogP contribution in [0.3, 0.4) is 0 Å². The van der Waals surface area contributed by atoms with Crippen LogP contribution in [-0.4, -0.2) is 36.7 Å². The van der Waals surface area contributed by atoms with Crippen LogP contribution < -0.4 is 10.6 Å². The molecule has 2 rings (SSSR count). The Morgan fingerprint density at radius 3 is 2.89 bits per heavy atom. The summed E-state index contributed by atoms with van der Waals surface area (Å²) in [5, 5.41) is 0. The number of amides is 1. The molecule has 0 unspecified atom stereocenters. The van der Waals surface area contributed by atoms with Crippen molar-refractivity contribution in [2.24, 2.45) is 5.73 Å². The summed E-state index contributed by atoms with van der Waals surface area (Å²) in [7, 11) is 1.65. The van der Waals surface area contributed by atoms with Crippen molar-refractivity contribution in [1.29, 1.82) is 0 Å². The van der Waals surface area contributed by atoms with E-state index in [-0.39, 0.29) is 18.1 Å². The standard InChI is InChI=1S/C12H16BrN3O2/c1-7-9(13)3-4-11(15-7)16-6-8(18-2)5-10(16)12(14)17/h3-4,8,10H,5-6H2,1-2H3,(H2,14,17)/t8-,10-/m0/s1. The third kappa shape index (κ3) is 2.49. The fourth-order valence-electron chi connectivity index (χ4n) is 2.18. The molecule has 98 valence electrons. The van der Waals surface area contributed by atoms with Crippen LogP contribution in [0.2, 0.25) is 0 Å². The first-order valence-electron chi connectivity index (χ1n) is 5.75. The van der Waals surface area contributed by atoms with Crippen LogP contribution >= 0.6 is 15.9 Å². The summed E-state index contributed by atoms with van der Waals surface area (Å²) < 4.78 is 6.26. The smallest absolute Gasteiger partial charge is 0.240 e. The number of ether oxygens (including phenoxy) is 1. The molecule has 1 aliphatic heterocycles. The van der Waals surface area contributed by atoms with Crippen molar-refractivity contribution in [3.63, 3.8) is 0 Å². The number of methoxy groups -OCH3 is 1. The molecule has 0 aromatic carbocycles. The average molecular weight is 314 g/mol. The molecule has 1 aromatic heterocycles. The normalized spacial score (nSPS) is 23.4. The number of hydrogen-bond acceptors (Lipinski definition) is 4. The summed E-state index contributed by atoms with van der Waals surface area (Å²) in [5.74, 6) is 0.427. The minimum atomic E-state index is -0.344. The van der Waals surface area contributed by atoms with Gasteiger partial charge >= 0.3 is 0 Å². The summed E-state index contributed by atoms with van der Waals surface area (Å²) in [6.07, 6.45) is 0.635.